The van der Waals surface area contributed by atoms with Crippen LogP contribution in [0.4, 0.5) is 10.1 Å². The largest absolute Gasteiger partial charge is 0.319 e. The highest BCUT2D eigenvalue weighted by molar-refractivity contribution is 9.10. The molecule has 1 N–H and O–H groups in total. The third kappa shape index (κ3) is 3.51. The summed E-state index contributed by atoms with van der Waals surface area (Å²) in [5.74, 6) is -0.780. The standard InChI is InChI=1S/C18H13BrFNOS/c1-11-2-4-12(5-3-11)14-8-9-23-17(14)18(22)21-16-7-6-13(19)10-15(16)20/h2-10H,1H3,(H,21,22). The molecule has 0 aliphatic rings. The molecule has 0 bridgehead atoms. The fourth-order valence-corrected chi connectivity index (χ4v) is 3.36. The average Bonchev–Trinajstić information content (AvgIpc) is 3.00. The third-order valence-corrected chi connectivity index (χ3v) is 4.82. The number of carbonyl (C=O) groups excluding carboxylic acids is 1. The predicted molar refractivity (Wildman–Crippen MR) is 96.5 cm³/mol. The maximum absolute atomic E-state index is 13.9. The molecule has 3 aromatic rings. The lowest BCUT2D eigenvalue weighted by molar-refractivity contribution is 0.103. The second-order valence-corrected chi connectivity index (χ2v) is 6.94. The second-order valence-electron chi connectivity index (χ2n) is 5.11. The summed E-state index contributed by atoms with van der Waals surface area (Å²) in [6.07, 6.45) is 0. The number of anilines is 1. The summed E-state index contributed by atoms with van der Waals surface area (Å²) in [5.41, 5.74) is 3.15. The van der Waals surface area contributed by atoms with Crippen LogP contribution >= 0.6 is 27.3 Å². The predicted octanol–water partition coefficient (Wildman–Crippen LogP) is 5.88. The zero-order valence-corrected chi connectivity index (χ0v) is 14.7. The van der Waals surface area contributed by atoms with Crippen LogP contribution in [0.15, 0.2) is 58.4 Å². The summed E-state index contributed by atoms with van der Waals surface area (Å²) < 4.78 is 14.5. The van der Waals surface area contributed by atoms with Crippen LogP contribution in [-0.2, 0) is 0 Å². The van der Waals surface area contributed by atoms with Crippen molar-refractivity contribution in [3.8, 4) is 11.1 Å². The van der Waals surface area contributed by atoms with Gasteiger partial charge >= 0.3 is 0 Å². The molecule has 1 amide bonds. The SMILES string of the molecule is Cc1ccc(-c2ccsc2C(=O)Nc2ccc(Br)cc2F)cc1. The first-order chi connectivity index (χ1) is 11.0. The summed E-state index contributed by atoms with van der Waals surface area (Å²) in [5, 5.41) is 4.50. The van der Waals surface area contributed by atoms with Gasteiger partial charge in [-0.3, -0.25) is 4.79 Å². The molecule has 0 atom stereocenters. The second kappa shape index (κ2) is 6.64. The molecule has 5 heteroatoms. The molecule has 23 heavy (non-hydrogen) atoms. The van der Waals surface area contributed by atoms with E-state index in [0.29, 0.717) is 9.35 Å². The number of benzene rings is 2. The Morgan fingerprint density at radius 1 is 1.13 bits per heavy atom. The maximum atomic E-state index is 13.9. The monoisotopic (exact) mass is 389 g/mol. The normalized spacial score (nSPS) is 10.6. The van der Waals surface area contributed by atoms with E-state index in [2.05, 4.69) is 21.2 Å². The molecule has 1 aromatic heterocycles. The Balaban J connectivity index is 1.89. The minimum Gasteiger partial charge on any atom is -0.319 e. The highest BCUT2D eigenvalue weighted by Gasteiger charge is 2.16. The van der Waals surface area contributed by atoms with Gasteiger partial charge in [0.2, 0.25) is 0 Å². The van der Waals surface area contributed by atoms with Crippen molar-refractivity contribution in [3.63, 3.8) is 0 Å². The third-order valence-electron chi connectivity index (χ3n) is 3.41. The van der Waals surface area contributed by atoms with E-state index < -0.39 is 5.82 Å². The zero-order valence-electron chi connectivity index (χ0n) is 12.3. The van der Waals surface area contributed by atoms with E-state index in [1.165, 1.54) is 23.5 Å². The van der Waals surface area contributed by atoms with Gasteiger partial charge in [0, 0.05) is 10.0 Å². The van der Waals surface area contributed by atoms with Gasteiger partial charge in [-0.25, -0.2) is 4.39 Å². The van der Waals surface area contributed by atoms with Crippen LogP contribution in [0.1, 0.15) is 15.2 Å². The van der Waals surface area contributed by atoms with Crippen molar-refractivity contribution in [2.45, 2.75) is 6.92 Å². The summed E-state index contributed by atoms with van der Waals surface area (Å²) in [6.45, 7) is 2.02. The van der Waals surface area contributed by atoms with Gasteiger partial charge in [-0.2, -0.15) is 0 Å². The molecule has 0 unspecified atom stereocenters. The quantitative estimate of drug-likeness (QED) is 0.595. The van der Waals surface area contributed by atoms with E-state index in [0.717, 1.165) is 16.7 Å². The van der Waals surface area contributed by atoms with Gasteiger partial charge in [0.15, 0.2) is 0 Å². The molecule has 2 nitrogen and oxygen atoms in total. The Morgan fingerprint density at radius 3 is 2.57 bits per heavy atom. The lowest BCUT2D eigenvalue weighted by Crippen LogP contribution is -2.12. The molecular weight excluding hydrogens is 377 g/mol. The minimum absolute atomic E-state index is 0.168. The smallest absolute Gasteiger partial charge is 0.266 e. The number of halogens is 2. The molecule has 1 heterocycles. The molecule has 3 rings (SSSR count). The maximum Gasteiger partial charge on any atom is 0.266 e. The summed E-state index contributed by atoms with van der Waals surface area (Å²) >= 11 is 4.54. The molecule has 0 aliphatic heterocycles. The molecular formula is C18H13BrFNOS. The molecule has 0 radical (unpaired) electrons. The van der Waals surface area contributed by atoms with Crippen molar-refractivity contribution >= 4 is 38.9 Å². The molecule has 0 saturated heterocycles. The van der Waals surface area contributed by atoms with Crippen molar-refractivity contribution in [1.82, 2.24) is 0 Å². The number of aryl methyl sites for hydroxylation is 1. The first kappa shape index (κ1) is 15.9. The number of thiophene rings is 1. The van der Waals surface area contributed by atoms with Crippen molar-refractivity contribution in [2.24, 2.45) is 0 Å². The van der Waals surface area contributed by atoms with E-state index in [4.69, 9.17) is 0 Å². The lowest BCUT2D eigenvalue weighted by atomic mass is 10.0. The van der Waals surface area contributed by atoms with E-state index >= 15 is 0 Å². The van der Waals surface area contributed by atoms with Crippen LogP contribution in [0.25, 0.3) is 11.1 Å². The topological polar surface area (TPSA) is 29.1 Å². The van der Waals surface area contributed by atoms with Crippen LogP contribution < -0.4 is 5.32 Å². The van der Waals surface area contributed by atoms with Crippen molar-refractivity contribution < 1.29 is 9.18 Å². The van der Waals surface area contributed by atoms with Crippen molar-refractivity contribution in [3.05, 3.63) is 74.6 Å². The molecule has 0 aliphatic carbocycles. The Hall–Kier alpha value is -1.98. The molecule has 0 fully saturated rings. The fourth-order valence-electron chi connectivity index (χ4n) is 2.22. The van der Waals surface area contributed by atoms with Crippen LogP contribution in [0.3, 0.4) is 0 Å². The minimum atomic E-state index is -0.471. The number of hydrogen-bond donors (Lipinski definition) is 1. The van der Waals surface area contributed by atoms with Crippen molar-refractivity contribution in [2.75, 3.05) is 5.32 Å². The Morgan fingerprint density at radius 2 is 1.87 bits per heavy atom. The van der Waals surface area contributed by atoms with Gasteiger partial charge in [-0.1, -0.05) is 45.8 Å². The fraction of sp³-hybridized carbons (Fsp3) is 0.0556. The van der Waals surface area contributed by atoms with E-state index in [1.54, 1.807) is 6.07 Å². The van der Waals surface area contributed by atoms with Crippen LogP contribution in [-0.4, -0.2) is 5.91 Å². The van der Waals surface area contributed by atoms with Crippen molar-refractivity contribution in [1.29, 1.82) is 0 Å². The van der Waals surface area contributed by atoms with E-state index in [1.807, 2.05) is 42.6 Å². The summed E-state index contributed by atoms with van der Waals surface area (Å²) in [6, 6.07) is 14.4. The number of hydrogen-bond acceptors (Lipinski definition) is 2. The highest BCUT2D eigenvalue weighted by Crippen LogP contribution is 2.30. The lowest BCUT2D eigenvalue weighted by Gasteiger charge is -2.08. The Labute approximate surface area is 146 Å². The molecule has 0 spiro atoms. The van der Waals surface area contributed by atoms with Gasteiger partial charge in [0.05, 0.1) is 10.6 Å². The number of carbonyl (C=O) groups is 1. The Kier molecular flexibility index (Phi) is 4.59. The molecule has 2 aromatic carbocycles. The van der Waals surface area contributed by atoms with E-state index in [-0.39, 0.29) is 11.6 Å². The molecule has 0 saturated carbocycles. The highest BCUT2D eigenvalue weighted by atomic mass is 79.9. The first-order valence-corrected chi connectivity index (χ1v) is 8.63. The van der Waals surface area contributed by atoms with Crippen LogP contribution in [0.5, 0.6) is 0 Å². The summed E-state index contributed by atoms with van der Waals surface area (Å²) in [4.78, 5) is 13.1. The number of amides is 1. The number of nitrogens with one attached hydrogen (secondary N) is 1. The zero-order chi connectivity index (χ0) is 16.4. The van der Waals surface area contributed by atoms with E-state index in [9.17, 15) is 9.18 Å². The molecule has 116 valence electrons. The van der Waals surface area contributed by atoms with Gasteiger partial charge in [0.25, 0.3) is 5.91 Å². The van der Waals surface area contributed by atoms with Gasteiger partial charge in [-0.05, 0) is 42.1 Å². The number of rotatable bonds is 3. The summed E-state index contributed by atoms with van der Waals surface area (Å²) in [7, 11) is 0. The first-order valence-electron chi connectivity index (χ1n) is 6.95. The van der Waals surface area contributed by atoms with Crippen LogP contribution in [0.2, 0.25) is 0 Å². The van der Waals surface area contributed by atoms with Gasteiger partial charge < -0.3 is 5.32 Å². The van der Waals surface area contributed by atoms with Gasteiger partial charge in [-0.15, -0.1) is 11.3 Å². The Bertz CT molecular complexity index is 858. The van der Waals surface area contributed by atoms with Crippen LogP contribution in [0, 0.1) is 12.7 Å². The average molecular weight is 390 g/mol. The van der Waals surface area contributed by atoms with Gasteiger partial charge in [0.1, 0.15) is 5.82 Å².